The summed E-state index contributed by atoms with van der Waals surface area (Å²) in [6, 6.07) is 0.130. The molecule has 1 atom stereocenters. The number of aryl methyl sites for hydroxylation is 1. The molecule has 2 fully saturated rings. The van der Waals surface area contributed by atoms with Gasteiger partial charge in [0.05, 0.1) is 6.04 Å². The third-order valence-corrected chi connectivity index (χ3v) is 5.32. The van der Waals surface area contributed by atoms with E-state index >= 15 is 0 Å². The number of rotatable bonds is 5. The molecule has 128 valence electrons. The van der Waals surface area contributed by atoms with Crippen LogP contribution in [-0.4, -0.2) is 62.7 Å². The molecule has 1 aromatic heterocycles. The van der Waals surface area contributed by atoms with Crippen LogP contribution in [-0.2, 0) is 11.3 Å². The second kappa shape index (κ2) is 7.43. The number of nitrogens with zero attached hydrogens (tertiary/aromatic N) is 5. The molecular weight excluding hydrogens is 290 g/mol. The van der Waals surface area contributed by atoms with Crippen LogP contribution in [0.5, 0.6) is 0 Å². The first kappa shape index (κ1) is 16.4. The molecule has 2 aliphatic heterocycles. The fraction of sp³-hybridized carbons (Fsp3) is 0.824. The van der Waals surface area contributed by atoms with Gasteiger partial charge in [-0.05, 0) is 52.1 Å². The van der Waals surface area contributed by atoms with Crippen molar-refractivity contribution in [2.75, 3.05) is 26.2 Å². The lowest BCUT2D eigenvalue weighted by Crippen LogP contribution is -2.48. The molecule has 0 saturated carbocycles. The summed E-state index contributed by atoms with van der Waals surface area (Å²) in [6.07, 6.45) is 7.14. The summed E-state index contributed by atoms with van der Waals surface area (Å²) in [4.78, 5) is 17.3. The summed E-state index contributed by atoms with van der Waals surface area (Å²) in [5.74, 6) is 1.89. The number of carbonyl (C=O) groups excluding carboxylic acids is 1. The molecule has 6 nitrogen and oxygen atoms in total. The predicted molar refractivity (Wildman–Crippen MR) is 89.1 cm³/mol. The molecule has 0 radical (unpaired) electrons. The van der Waals surface area contributed by atoms with E-state index in [-0.39, 0.29) is 6.04 Å². The number of amides is 1. The van der Waals surface area contributed by atoms with Crippen molar-refractivity contribution in [2.24, 2.45) is 0 Å². The summed E-state index contributed by atoms with van der Waals surface area (Å²) < 4.78 is 2.13. The van der Waals surface area contributed by atoms with Crippen LogP contribution in [0.15, 0.2) is 6.33 Å². The SMILES string of the molecule is CCCN1CCCC1C(=O)N1CCC(c2nncn2CC)CC1. The van der Waals surface area contributed by atoms with Gasteiger partial charge in [0.25, 0.3) is 0 Å². The Morgan fingerprint density at radius 3 is 2.70 bits per heavy atom. The molecular formula is C17H29N5O. The first-order valence-corrected chi connectivity index (χ1v) is 9.15. The fourth-order valence-electron chi connectivity index (χ4n) is 4.05. The van der Waals surface area contributed by atoms with E-state index in [1.807, 2.05) is 6.33 Å². The van der Waals surface area contributed by atoms with Gasteiger partial charge in [0, 0.05) is 25.6 Å². The molecule has 3 heterocycles. The van der Waals surface area contributed by atoms with Crippen molar-refractivity contribution < 1.29 is 4.79 Å². The van der Waals surface area contributed by atoms with Gasteiger partial charge < -0.3 is 9.47 Å². The van der Waals surface area contributed by atoms with Crippen molar-refractivity contribution in [3.05, 3.63) is 12.2 Å². The Kier molecular flexibility index (Phi) is 5.30. The lowest BCUT2D eigenvalue weighted by molar-refractivity contribution is -0.137. The quantitative estimate of drug-likeness (QED) is 0.831. The van der Waals surface area contributed by atoms with E-state index in [4.69, 9.17) is 0 Å². The van der Waals surface area contributed by atoms with Gasteiger partial charge in [-0.3, -0.25) is 9.69 Å². The summed E-state index contributed by atoms with van der Waals surface area (Å²) >= 11 is 0. The Morgan fingerprint density at radius 2 is 2.00 bits per heavy atom. The first-order valence-electron chi connectivity index (χ1n) is 9.15. The number of carbonyl (C=O) groups is 1. The van der Waals surface area contributed by atoms with Gasteiger partial charge >= 0.3 is 0 Å². The lowest BCUT2D eigenvalue weighted by atomic mass is 9.95. The van der Waals surface area contributed by atoms with Gasteiger partial charge in [-0.1, -0.05) is 6.92 Å². The second-order valence-electron chi connectivity index (χ2n) is 6.77. The molecule has 1 amide bonds. The van der Waals surface area contributed by atoms with E-state index in [0.717, 1.165) is 70.7 Å². The van der Waals surface area contributed by atoms with E-state index in [2.05, 4.69) is 38.4 Å². The Hall–Kier alpha value is -1.43. The average molecular weight is 319 g/mol. The number of piperidine rings is 1. The van der Waals surface area contributed by atoms with E-state index in [9.17, 15) is 4.79 Å². The van der Waals surface area contributed by atoms with Crippen LogP contribution in [0.1, 0.15) is 57.7 Å². The minimum absolute atomic E-state index is 0.130. The van der Waals surface area contributed by atoms with Gasteiger partial charge in [-0.2, -0.15) is 0 Å². The molecule has 1 aromatic rings. The zero-order valence-corrected chi connectivity index (χ0v) is 14.4. The first-order chi connectivity index (χ1) is 11.2. The van der Waals surface area contributed by atoms with Crippen molar-refractivity contribution >= 4 is 5.91 Å². The maximum atomic E-state index is 12.9. The molecule has 3 rings (SSSR count). The van der Waals surface area contributed by atoms with Gasteiger partial charge in [0.2, 0.25) is 5.91 Å². The summed E-state index contributed by atoms with van der Waals surface area (Å²) in [5.41, 5.74) is 0. The van der Waals surface area contributed by atoms with Crippen LogP contribution in [0, 0.1) is 0 Å². The van der Waals surface area contributed by atoms with E-state index < -0.39 is 0 Å². The number of aromatic nitrogens is 3. The third kappa shape index (κ3) is 3.42. The summed E-state index contributed by atoms with van der Waals surface area (Å²) in [6.45, 7) is 9.07. The zero-order valence-electron chi connectivity index (χ0n) is 14.4. The molecule has 0 bridgehead atoms. The van der Waals surface area contributed by atoms with Crippen molar-refractivity contribution in [3.8, 4) is 0 Å². The normalized spacial score (nSPS) is 23.6. The van der Waals surface area contributed by atoms with Crippen molar-refractivity contribution in [1.82, 2.24) is 24.6 Å². The van der Waals surface area contributed by atoms with Gasteiger partial charge in [-0.25, -0.2) is 0 Å². The van der Waals surface area contributed by atoms with Crippen LogP contribution in [0.4, 0.5) is 0 Å². The Morgan fingerprint density at radius 1 is 1.22 bits per heavy atom. The van der Waals surface area contributed by atoms with Gasteiger partial charge in [-0.15, -0.1) is 10.2 Å². The molecule has 0 aromatic carbocycles. The molecule has 1 unspecified atom stereocenters. The van der Waals surface area contributed by atoms with Crippen LogP contribution < -0.4 is 0 Å². The Bertz CT molecular complexity index is 521. The minimum atomic E-state index is 0.130. The predicted octanol–water partition coefficient (Wildman–Crippen LogP) is 1.88. The monoisotopic (exact) mass is 319 g/mol. The lowest BCUT2D eigenvalue weighted by Gasteiger charge is -2.35. The highest BCUT2D eigenvalue weighted by atomic mass is 16.2. The minimum Gasteiger partial charge on any atom is -0.341 e. The van der Waals surface area contributed by atoms with E-state index in [1.165, 1.54) is 0 Å². The molecule has 6 heteroatoms. The van der Waals surface area contributed by atoms with Gasteiger partial charge in [0.1, 0.15) is 12.2 Å². The van der Waals surface area contributed by atoms with E-state index in [0.29, 0.717) is 11.8 Å². The third-order valence-electron chi connectivity index (χ3n) is 5.32. The number of hydrogen-bond acceptors (Lipinski definition) is 4. The Labute approximate surface area is 138 Å². The molecule has 0 aliphatic carbocycles. The number of likely N-dealkylation sites (tertiary alicyclic amines) is 2. The Balaban J connectivity index is 1.57. The molecule has 2 saturated heterocycles. The van der Waals surface area contributed by atoms with Crippen LogP contribution in [0.2, 0.25) is 0 Å². The topological polar surface area (TPSA) is 54.3 Å². The number of hydrogen-bond donors (Lipinski definition) is 0. The summed E-state index contributed by atoms with van der Waals surface area (Å²) in [5, 5.41) is 8.34. The largest absolute Gasteiger partial charge is 0.341 e. The van der Waals surface area contributed by atoms with Gasteiger partial charge in [0.15, 0.2) is 0 Å². The summed E-state index contributed by atoms with van der Waals surface area (Å²) in [7, 11) is 0. The molecule has 0 spiro atoms. The highest BCUT2D eigenvalue weighted by molar-refractivity contribution is 5.82. The van der Waals surface area contributed by atoms with Crippen LogP contribution >= 0.6 is 0 Å². The fourth-order valence-corrected chi connectivity index (χ4v) is 4.05. The van der Waals surface area contributed by atoms with Crippen LogP contribution in [0.3, 0.4) is 0 Å². The highest BCUT2D eigenvalue weighted by Gasteiger charge is 2.35. The smallest absolute Gasteiger partial charge is 0.239 e. The molecule has 2 aliphatic rings. The maximum absolute atomic E-state index is 12.9. The second-order valence-corrected chi connectivity index (χ2v) is 6.77. The van der Waals surface area contributed by atoms with E-state index in [1.54, 1.807) is 0 Å². The zero-order chi connectivity index (χ0) is 16.2. The molecule has 0 N–H and O–H groups in total. The van der Waals surface area contributed by atoms with Crippen molar-refractivity contribution in [1.29, 1.82) is 0 Å². The van der Waals surface area contributed by atoms with Crippen molar-refractivity contribution in [3.63, 3.8) is 0 Å². The van der Waals surface area contributed by atoms with Crippen molar-refractivity contribution in [2.45, 2.75) is 64.5 Å². The standard InChI is InChI=1S/C17H29N5O/c1-3-9-21-10-5-6-15(21)17(23)22-11-7-14(8-12-22)16-19-18-13-20(16)4-2/h13-15H,3-12H2,1-2H3. The maximum Gasteiger partial charge on any atom is 0.239 e. The van der Waals surface area contributed by atoms with Crippen LogP contribution in [0.25, 0.3) is 0 Å². The molecule has 23 heavy (non-hydrogen) atoms. The average Bonchev–Trinajstić information content (AvgIpc) is 3.23. The highest BCUT2D eigenvalue weighted by Crippen LogP contribution is 2.28.